The van der Waals surface area contributed by atoms with E-state index in [1.165, 1.54) is 0 Å². The molecule has 3 aliphatic rings. The zero-order valence-corrected chi connectivity index (χ0v) is 14.4. The summed E-state index contributed by atoms with van der Waals surface area (Å²) in [6, 6.07) is -0.488. The average molecular weight is 351 g/mol. The highest BCUT2D eigenvalue weighted by molar-refractivity contribution is 6.07. The number of urea groups is 1. The predicted molar refractivity (Wildman–Crippen MR) is 87.5 cm³/mol. The number of carboxylic acid groups (broad SMARTS) is 1. The first-order chi connectivity index (χ1) is 11.8. The molecule has 3 fully saturated rings. The number of likely N-dealkylation sites (tertiary alicyclic amines) is 1. The van der Waals surface area contributed by atoms with E-state index in [1.807, 2.05) is 0 Å². The minimum Gasteiger partial charge on any atom is -0.481 e. The zero-order valence-electron chi connectivity index (χ0n) is 14.4. The molecular formula is C17H25N3O5. The van der Waals surface area contributed by atoms with Gasteiger partial charge in [0.1, 0.15) is 11.5 Å². The minimum absolute atomic E-state index is 0.0693. The van der Waals surface area contributed by atoms with Crippen molar-refractivity contribution in [2.24, 2.45) is 17.8 Å². The van der Waals surface area contributed by atoms with Gasteiger partial charge in [-0.2, -0.15) is 0 Å². The lowest BCUT2D eigenvalue weighted by atomic mass is 9.78. The fourth-order valence-corrected chi connectivity index (χ4v) is 4.52. The van der Waals surface area contributed by atoms with Gasteiger partial charge in [0.2, 0.25) is 5.91 Å². The van der Waals surface area contributed by atoms with Gasteiger partial charge in [-0.15, -0.1) is 0 Å². The molecule has 138 valence electrons. The maximum Gasteiger partial charge on any atom is 0.322 e. The van der Waals surface area contributed by atoms with Gasteiger partial charge in [0.25, 0.3) is 5.91 Å². The van der Waals surface area contributed by atoms with Gasteiger partial charge in [-0.3, -0.25) is 19.7 Å². The number of carbonyl (C=O) groups is 4. The second-order valence-electron chi connectivity index (χ2n) is 7.57. The maximum absolute atomic E-state index is 12.7. The molecule has 0 aromatic rings. The van der Waals surface area contributed by atoms with E-state index in [1.54, 1.807) is 11.8 Å². The first-order valence-corrected chi connectivity index (χ1v) is 8.98. The molecule has 25 heavy (non-hydrogen) atoms. The number of hydrogen-bond donors (Lipinski definition) is 3. The molecule has 8 heteroatoms. The summed E-state index contributed by atoms with van der Waals surface area (Å²) in [6.07, 6.45) is 4.68. The number of hydrogen-bond acceptors (Lipinski definition) is 4. The van der Waals surface area contributed by atoms with Gasteiger partial charge in [-0.05, 0) is 44.4 Å². The number of carboxylic acids is 1. The van der Waals surface area contributed by atoms with Crippen molar-refractivity contribution in [1.82, 2.24) is 15.5 Å². The second-order valence-corrected chi connectivity index (χ2v) is 7.57. The van der Waals surface area contributed by atoms with Gasteiger partial charge in [0.05, 0.1) is 0 Å². The normalized spacial score (nSPS) is 29.4. The molecule has 2 heterocycles. The minimum atomic E-state index is -1.03. The van der Waals surface area contributed by atoms with E-state index in [2.05, 4.69) is 10.6 Å². The fourth-order valence-electron chi connectivity index (χ4n) is 4.52. The summed E-state index contributed by atoms with van der Waals surface area (Å²) in [5.74, 6) is -2.77. The molecule has 2 aliphatic heterocycles. The van der Waals surface area contributed by atoms with Crippen LogP contribution < -0.4 is 10.6 Å². The number of imide groups is 1. The Balaban J connectivity index is 1.63. The predicted octanol–water partition coefficient (Wildman–Crippen LogP) is 0.714. The summed E-state index contributed by atoms with van der Waals surface area (Å²) >= 11 is 0. The molecule has 0 spiro atoms. The number of amides is 4. The smallest absolute Gasteiger partial charge is 0.322 e. The quantitative estimate of drug-likeness (QED) is 0.510. The third-order valence-corrected chi connectivity index (χ3v) is 6.10. The molecule has 2 atom stereocenters. The zero-order chi connectivity index (χ0) is 18.2. The van der Waals surface area contributed by atoms with Gasteiger partial charge in [-0.1, -0.05) is 12.8 Å². The lowest BCUT2D eigenvalue weighted by molar-refractivity contribution is -0.154. The number of nitrogens with one attached hydrogen (secondary N) is 2. The Hall–Kier alpha value is -2.12. The van der Waals surface area contributed by atoms with Crippen molar-refractivity contribution in [1.29, 1.82) is 0 Å². The molecule has 0 aromatic heterocycles. The van der Waals surface area contributed by atoms with Crippen LogP contribution in [0.1, 0.15) is 45.4 Å². The summed E-state index contributed by atoms with van der Waals surface area (Å²) in [6.45, 7) is 2.53. The Morgan fingerprint density at radius 2 is 1.76 bits per heavy atom. The Labute approximate surface area is 146 Å². The summed E-state index contributed by atoms with van der Waals surface area (Å²) < 4.78 is 0. The molecule has 4 amide bonds. The lowest BCUT2D eigenvalue weighted by Gasteiger charge is -2.39. The molecular weight excluding hydrogens is 326 g/mol. The molecule has 0 bridgehead atoms. The highest BCUT2D eigenvalue weighted by Crippen LogP contribution is 2.35. The van der Waals surface area contributed by atoms with Gasteiger partial charge in [-0.25, -0.2) is 4.79 Å². The molecule has 1 aliphatic carbocycles. The monoisotopic (exact) mass is 351 g/mol. The SMILES string of the molecule is CC1(C2CCN(C(=O)C(C(=O)O)C3CCCC3)CC2)NC(=O)NC1=O. The van der Waals surface area contributed by atoms with Crippen LogP contribution in [0.2, 0.25) is 0 Å². The van der Waals surface area contributed by atoms with Crippen molar-refractivity contribution in [2.45, 2.75) is 51.0 Å². The van der Waals surface area contributed by atoms with Crippen LogP contribution in [0.15, 0.2) is 0 Å². The third kappa shape index (κ3) is 3.21. The lowest BCUT2D eigenvalue weighted by Crippen LogP contribution is -2.55. The van der Waals surface area contributed by atoms with E-state index < -0.39 is 23.5 Å². The van der Waals surface area contributed by atoms with E-state index >= 15 is 0 Å². The van der Waals surface area contributed by atoms with Gasteiger partial charge >= 0.3 is 12.0 Å². The molecule has 1 saturated carbocycles. The first-order valence-electron chi connectivity index (χ1n) is 8.98. The van der Waals surface area contributed by atoms with Gasteiger partial charge in [0.15, 0.2) is 0 Å². The standard InChI is InChI=1S/C17H25N3O5/c1-17(15(24)18-16(25)19-17)11-6-8-20(9-7-11)13(21)12(14(22)23)10-4-2-3-5-10/h10-12H,2-9H2,1H3,(H,22,23)(H2,18,19,24,25). The fraction of sp³-hybridized carbons (Fsp3) is 0.765. The van der Waals surface area contributed by atoms with Crippen molar-refractivity contribution in [3.63, 3.8) is 0 Å². The van der Waals surface area contributed by atoms with Crippen molar-refractivity contribution >= 4 is 23.8 Å². The number of piperidine rings is 1. The summed E-state index contributed by atoms with van der Waals surface area (Å²) in [5.41, 5.74) is -0.954. The van der Waals surface area contributed by atoms with Crippen LogP contribution in [0.4, 0.5) is 4.79 Å². The second kappa shape index (κ2) is 6.65. The number of aliphatic carboxylic acids is 1. The Morgan fingerprint density at radius 3 is 2.24 bits per heavy atom. The largest absolute Gasteiger partial charge is 0.481 e. The highest BCUT2D eigenvalue weighted by Gasteiger charge is 2.49. The molecule has 0 aromatic carbocycles. The molecule has 0 radical (unpaired) electrons. The van der Waals surface area contributed by atoms with Crippen LogP contribution in [0, 0.1) is 17.8 Å². The van der Waals surface area contributed by atoms with Crippen LogP contribution in [0.25, 0.3) is 0 Å². The van der Waals surface area contributed by atoms with E-state index in [0.717, 1.165) is 25.7 Å². The van der Waals surface area contributed by atoms with Crippen LogP contribution in [0.5, 0.6) is 0 Å². The number of rotatable bonds is 4. The van der Waals surface area contributed by atoms with Crippen molar-refractivity contribution < 1.29 is 24.3 Å². The maximum atomic E-state index is 12.7. The number of carbonyl (C=O) groups excluding carboxylic acids is 3. The molecule has 2 unspecified atom stereocenters. The van der Waals surface area contributed by atoms with Gasteiger partial charge in [0, 0.05) is 13.1 Å². The third-order valence-electron chi connectivity index (χ3n) is 6.10. The van der Waals surface area contributed by atoms with Crippen LogP contribution >= 0.6 is 0 Å². The molecule has 3 N–H and O–H groups in total. The van der Waals surface area contributed by atoms with E-state index in [0.29, 0.717) is 25.9 Å². The Bertz CT molecular complexity index is 593. The highest BCUT2D eigenvalue weighted by atomic mass is 16.4. The molecule has 2 saturated heterocycles. The van der Waals surface area contributed by atoms with E-state index in [4.69, 9.17) is 0 Å². The van der Waals surface area contributed by atoms with Crippen LogP contribution in [0.3, 0.4) is 0 Å². The van der Waals surface area contributed by atoms with Gasteiger partial charge < -0.3 is 15.3 Å². The summed E-state index contributed by atoms with van der Waals surface area (Å²) in [7, 11) is 0. The van der Waals surface area contributed by atoms with E-state index in [9.17, 15) is 24.3 Å². The number of nitrogens with zero attached hydrogens (tertiary/aromatic N) is 1. The first kappa shape index (κ1) is 17.7. The van der Waals surface area contributed by atoms with Crippen molar-refractivity contribution in [2.75, 3.05) is 13.1 Å². The molecule has 8 nitrogen and oxygen atoms in total. The van der Waals surface area contributed by atoms with Crippen molar-refractivity contribution in [3.8, 4) is 0 Å². The average Bonchev–Trinajstić information content (AvgIpc) is 3.16. The topological polar surface area (TPSA) is 116 Å². The van der Waals surface area contributed by atoms with Crippen molar-refractivity contribution in [3.05, 3.63) is 0 Å². The molecule has 3 rings (SSSR count). The summed E-state index contributed by atoms with van der Waals surface area (Å²) in [5, 5.41) is 14.5. The Morgan fingerprint density at radius 1 is 1.16 bits per heavy atom. The summed E-state index contributed by atoms with van der Waals surface area (Å²) in [4.78, 5) is 49.5. The van der Waals surface area contributed by atoms with Crippen LogP contribution in [-0.4, -0.2) is 52.4 Å². The van der Waals surface area contributed by atoms with E-state index in [-0.39, 0.29) is 23.7 Å². The van der Waals surface area contributed by atoms with Crippen LogP contribution in [-0.2, 0) is 14.4 Å². The Kier molecular flexibility index (Phi) is 4.71.